The van der Waals surface area contributed by atoms with Crippen LogP contribution in [0.15, 0.2) is 30.5 Å². The summed E-state index contributed by atoms with van der Waals surface area (Å²) < 4.78 is 13.3. The average Bonchev–Trinajstić information content (AvgIpc) is 3.04. The van der Waals surface area contributed by atoms with Gasteiger partial charge in [-0.3, -0.25) is 4.90 Å². The molecule has 0 saturated carbocycles. The number of aromatic nitrogens is 3. The van der Waals surface area contributed by atoms with Crippen molar-refractivity contribution < 1.29 is 9.47 Å². The number of hydrogen-bond donors (Lipinski definition) is 0. The zero-order valence-corrected chi connectivity index (χ0v) is 12.7. The lowest BCUT2D eigenvalue weighted by Crippen LogP contribution is -2.47. The molecule has 2 aromatic rings. The van der Waals surface area contributed by atoms with Crippen LogP contribution in [0.2, 0.25) is 0 Å². The SMILES string of the molecule is COc1cccc(CN2CC[C@@H]3OCc4cnnn4[C@@H]3C2)c1. The highest BCUT2D eigenvalue weighted by Crippen LogP contribution is 2.30. The Bertz CT molecular complexity index is 657. The molecule has 6 nitrogen and oxygen atoms in total. The van der Waals surface area contributed by atoms with E-state index in [1.54, 1.807) is 13.3 Å². The molecule has 0 radical (unpaired) electrons. The van der Waals surface area contributed by atoms with Crippen LogP contribution in [0, 0.1) is 0 Å². The summed E-state index contributed by atoms with van der Waals surface area (Å²) in [6.07, 6.45) is 3.10. The maximum atomic E-state index is 5.95. The van der Waals surface area contributed by atoms with Gasteiger partial charge in [-0.2, -0.15) is 0 Å². The zero-order chi connectivity index (χ0) is 14.9. The van der Waals surface area contributed by atoms with Crippen molar-refractivity contribution in [3.8, 4) is 5.75 Å². The van der Waals surface area contributed by atoms with Gasteiger partial charge in [0.25, 0.3) is 0 Å². The lowest BCUT2D eigenvalue weighted by molar-refractivity contribution is -0.0669. The summed E-state index contributed by atoms with van der Waals surface area (Å²) in [5.74, 6) is 0.909. The molecule has 0 unspecified atom stereocenters. The van der Waals surface area contributed by atoms with Gasteiger partial charge in [-0.25, -0.2) is 4.68 Å². The number of nitrogens with zero attached hydrogens (tertiary/aromatic N) is 4. The molecule has 1 fully saturated rings. The second-order valence-corrected chi connectivity index (χ2v) is 5.96. The molecule has 0 bridgehead atoms. The Kier molecular flexibility index (Phi) is 3.56. The molecule has 0 spiro atoms. The maximum absolute atomic E-state index is 5.95. The first-order valence-electron chi connectivity index (χ1n) is 7.69. The fraction of sp³-hybridized carbons (Fsp3) is 0.500. The summed E-state index contributed by atoms with van der Waals surface area (Å²) in [4.78, 5) is 2.45. The lowest BCUT2D eigenvalue weighted by atomic mass is 10.00. The predicted molar refractivity (Wildman–Crippen MR) is 80.5 cm³/mol. The molecule has 1 aromatic heterocycles. The van der Waals surface area contributed by atoms with Crippen LogP contribution in [0.4, 0.5) is 0 Å². The molecule has 0 amide bonds. The van der Waals surface area contributed by atoms with E-state index >= 15 is 0 Å². The fourth-order valence-electron chi connectivity index (χ4n) is 3.42. The van der Waals surface area contributed by atoms with Crippen LogP contribution in [-0.4, -0.2) is 46.2 Å². The van der Waals surface area contributed by atoms with E-state index in [-0.39, 0.29) is 12.1 Å². The smallest absolute Gasteiger partial charge is 0.119 e. The van der Waals surface area contributed by atoms with Crippen molar-refractivity contribution >= 4 is 0 Å². The Balaban J connectivity index is 1.49. The summed E-state index contributed by atoms with van der Waals surface area (Å²) >= 11 is 0. The first-order chi connectivity index (χ1) is 10.8. The molecule has 22 heavy (non-hydrogen) atoms. The molecule has 2 aliphatic rings. The third kappa shape index (κ3) is 2.48. The van der Waals surface area contributed by atoms with Crippen LogP contribution in [0.1, 0.15) is 23.7 Å². The van der Waals surface area contributed by atoms with Gasteiger partial charge in [0.2, 0.25) is 0 Å². The van der Waals surface area contributed by atoms with Crippen LogP contribution in [0.3, 0.4) is 0 Å². The Morgan fingerprint density at radius 2 is 2.36 bits per heavy atom. The molecule has 6 heteroatoms. The lowest BCUT2D eigenvalue weighted by Gasteiger charge is -2.41. The van der Waals surface area contributed by atoms with Crippen molar-refractivity contribution in [3.63, 3.8) is 0 Å². The van der Waals surface area contributed by atoms with Gasteiger partial charge in [-0.05, 0) is 24.1 Å². The summed E-state index contributed by atoms with van der Waals surface area (Å²) in [6.45, 7) is 3.54. The monoisotopic (exact) mass is 300 g/mol. The molecular weight excluding hydrogens is 280 g/mol. The van der Waals surface area contributed by atoms with Crippen molar-refractivity contribution in [2.24, 2.45) is 0 Å². The number of piperidine rings is 1. The molecular formula is C16H20N4O2. The van der Waals surface area contributed by atoms with Gasteiger partial charge in [-0.1, -0.05) is 17.3 Å². The van der Waals surface area contributed by atoms with Crippen LogP contribution in [-0.2, 0) is 17.9 Å². The van der Waals surface area contributed by atoms with Gasteiger partial charge >= 0.3 is 0 Å². The van der Waals surface area contributed by atoms with E-state index in [1.807, 2.05) is 16.8 Å². The first kappa shape index (κ1) is 13.7. The van der Waals surface area contributed by atoms with E-state index in [1.165, 1.54) is 5.56 Å². The number of likely N-dealkylation sites (tertiary alicyclic amines) is 1. The molecule has 0 N–H and O–H groups in total. The van der Waals surface area contributed by atoms with Crippen LogP contribution >= 0.6 is 0 Å². The minimum Gasteiger partial charge on any atom is -0.497 e. The average molecular weight is 300 g/mol. The van der Waals surface area contributed by atoms with Crippen LogP contribution < -0.4 is 4.74 Å². The number of ether oxygens (including phenoxy) is 2. The van der Waals surface area contributed by atoms with Gasteiger partial charge in [0.1, 0.15) is 5.75 Å². The molecule has 1 saturated heterocycles. The highest BCUT2D eigenvalue weighted by molar-refractivity contribution is 5.28. The van der Waals surface area contributed by atoms with Crippen molar-refractivity contribution in [3.05, 3.63) is 41.7 Å². The van der Waals surface area contributed by atoms with Crippen molar-refractivity contribution in [2.45, 2.75) is 31.7 Å². The van der Waals surface area contributed by atoms with Crippen molar-refractivity contribution in [1.82, 2.24) is 19.9 Å². The summed E-state index contributed by atoms with van der Waals surface area (Å²) in [6, 6.07) is 8.54. The van der Waals surface area contributed by atoms with E-state index < -0.39 is 0 Å². The highest BCUT2D eigenvalue weighted by atomic mass is 16.5. The van der Waals surface area contributed by atoms with E-state index in [2.05, 4.69) is 27.3 Å². The van der Waals surface area contributed by atoms with Crippen molar-refractivity contribution in [1.29, 1.82) is 0 Å². The maximum Gasteiger partial charge on any atom is 0.119 e. The molecule has 116 valence electrons. The number of benzene rings is 1. The normalized spacial score (nSPS) is 24.6. The van der Waals surface area contributed by atoms with Crippen LogP contribution in [0.5, 0.6) is 5.75 Å². The molecule has 3 heterocycles. The van der Waals surface area contributed by atoms with E-state index in [0.29, 0.717) is 6.61 Å². The highest BCUT2D eigenvalue weighted by Gasteiger charge is 2.36. The molecule has 2 atom stereocenters. The second kappa shape index (κ2) is 5.70. The van der Waals surface area contributed by atoms with E-state index in [4.69, 9.17) is 9.47 Å². The first-order valence-corrected chi connectivity index (χ1v) is 7.69. The Hall–Kier alpha value is -1.92. The minimum absolute atomic E-state index is 0.260. The third-order valence-electron chi connectivity index (χ3n) is 4.55. The van der Waals surface area contributed by atoms with Crippen LogP contribution in [0.25, 0.3) is 0 Å². The van der Waals surface area contributed by atoms with Crippen molar-refractivity contribution in [2.75, 3.05) is 20.2 Å². The largest absolute Gasteiger partial charge is 0.497 e. The van der Waals surface area contributed by atoms with Gasteiger partial charge in [-0.15, -0.1) is 5.10 Å². The minimum atomic E-state index is 0.260. The topological polar surface area (TPSA) is 52.4 Å². The van der Waals surface area contributed by atoms with Gasteiger partial charge in [0, 0.05) is 19.6 Å². The Labute approximate surface area is 129 Å². The molecule has 1 aromatic carbocycles. The summed E-state index contributed by atoms with van der Waals surface area (Å²) in [5, 5.41) is 8.27. The standard InChI is InChI=1S/C16H20N4O2/c1-21-14-4-2-3-12(7-14)9-19-6-5-16-15(10-19)20-13(11-22-16)8-17-18-20/h2-4,7-8,15-16H,5-6,9-11H2,1H3/t15-,16+/m1/s1. The van der Waals surface area contributed by atoms with E-state index in [9.17, 15) is 0 Å². The summed E-state index contributed by atoms with van der Waals surface area (Å²) in [7, 11) is 1.70. The second-order valence-electron chi connectivity index (χ2n) is 5.96. The molecule has 2 aliphatic heterocycles. The van der Waals surface area contributed by atoms with Gasteiger partial charge in [0.05, 0.1) is 37.8 Å². The molecule has 4 rings (SSSR count). The third-order valence-corrected chi connectivity index (χ3v) is 4.55. The van der Waals surface area contributed by atoms with Gasteiger partial charge in [0.15, 0.2) is 0 Å². The van der Waals surface area contributed by atoms with Gasteiger partial charge < -0.3 is 9.47 Å². The summed E-state index contributed by atoms with van der Waals surface area (Å²) in [5.41, 5.74) is 2.35. The number of methoxy groups -OCH3 is 1. The number of rotatable bonds is 3. The number of fused-ring (bicyclic) bond motifs is 3. The fourth-order valence-corrected chi connectivity index (χ4v) is 3.42. The Morgan fingerprint density at radius 3 is 3.27 bits per heavy atom. The zero-order valence-electron chi connectivity index (χ0n) is 12.7. The molecule has 0 aliphatic carbocycles. The van der Waals surface area contributed by atoms with E-state index in [0.717, 1.165) is 37.5 Å². The number of hydrogen-bond acceptors (Lipinski definition) is 5. The Morgan fingerprint density at radius 1 is 1.41 bits per heavy atom. The quantitative estimate of drug-likeness (QED) is 0.862. The predicted octanol–water partition coefficient (Wildman–Crippen LogP) is 1.63.